The highest BCUT2D eigenvalue weighted by atomic mass is 31.2. The maximum atomic E-state index is 9.80. The minimum Gasteiger partial charge on any atom is -0.339 e. The van der Waals surface area contributed by atoms with E-state index in [1.807, 2.05) is 60.7 Å². The minimum atomic E-state index is -1.43. The van der Waals surface area contributed by atoms with Crippen LogP contribution in [-0.2, 0) is 0 Å². The Morgan fingerprint density at radius 1 is 0.688 bits per heavy atom. The van der Waals surface area contributed by atoms with Gasteiger partial charge in [-0.05, 0) is 24.3 Å². The lowest BCUT2D eigenvalue weighted by atomic mass is 10.3. The van der Waals surface area contributed by atoms with E-state index in [-0.39, 0.29) is 0 Å². The van der Waals surface area contributed by atoms with Gasteiger partial charge in [-0.1, -0.05) is 36.4 Å². The maximum Gasteiger partial charge on any atom is 0.240 e. The molecule has 4 heteroatoms. The molecule has 0 aliphatic rings. The second-order valence-corrected chi connectivity index (χ2v) is 4.34. The molecule has 0 spiro atoms. The number of anilines is 2. The molecule has 2 aromatic carbocycles. The summed E-state index contributed by atoms with van der Waals surface area (Å²) in [5, 5.41) is 6.00. The van der Waals surface area contributed by atoms with Gasteiger partial charge in [0.25, 0.3) is 0 Å². The van der Waals surface area contributed by atoms with Crippen molar-refractivity contribution in [3.8, 4) is 0 Å². The van der Waals surface area contributed by atoms with E-state index in [1.165, 1.54) is 0 Å². The van der Waals surface area contributed by atoms with Crippen LogP contribution in [0.2, 0.25) is 0 Å². The normalized spacial score (nSPS) is 10.1. The summed E-state index contributed by atoms with van der Waals surface area (Å²) < 4.78 is 0. The van der Waals surface area contributed by atoms with Crippen molar-refractivity contribution in [2.75, 3.05) is 10.2 Å². The Labute approximate surface area is 96.1 Å². The Bertz CT molecular complexity index is 380. The molecular weight excluding hydrogens is 219 g/mol. The van der Waals surface area contributed by atoms with E-state index in [9.17, 15) is 4.89 Å². The molecule has 2 rings (SSSR count). The van der Waals surface area contributed by atoms with Gasteiger partial charge < -0.3 is 15.1 Å². The Morgan fingerprint density at radius 3 is 1.44 bits per heavy atom. The average Bonchev–Trinajstić information content (AvgIpc) is 2.31. The first-order valence-electron chi connectivity index (χ1n) is 4.97. The molecule has 0 saturated heterocycles. The zero-order valence-corrected chi connectivity index (χ0v) is 9.56. The van der Waals surface area contributed by atoms with Crippen LogP contribution >= 0.6 is 8.45 Å². The largest absolute Gasteiger partial charge is 0.339 e. The molecule has 0 amide bonds. The highest BCUT2D eigenvalue weighted by molar-refractivity contribution is 7.54. The smallest absolute Gasteiger partial charge is 0.240 e. The van der Waals surface area contributed by atoms with E-state index in [0.717, 1.165) is 11.4 Å². The summed E-state index contributed by atoms with van der Waals surface area (Å²) in [6, 6.07) is 19.2. The number of nitrogens with one attached hydrogen (secondary N) is 2. The van der Waals surface area contributed by atoms with Crippen molar-refractivity contribution < 1.29 is 4.89 Å². The van der Waals surface area contributed by atoms with Gasteiger partial charge in [0.05, 0.1) is 0 Å². The molecule has 0 aliphatic heterocycles. The van der Waals surface area contributed by atoms with E-state index >= 15 is 0 Å². The summed E-state index contributed by atoms with van der Waals surface area (Å²) in [6.07, 6.45) is 0. The van der Waals surface area contributed by atoms with Crippen molar-refractivity contribution in [1.82, 2.24) is 0 Å². The number of rotatable bonds is 4. The SMILES string of the molecule is OP(Nc1ccccc1)Nc1ccccc1. The predicted molar refractivity (Wildman–Crippen MR) is 69.3 cm³/mol. The molecule has 3 N–H and O–H groups in total. The fourth-order valence-corrected chi connectivity index (χ4v) is 2.14. The van der Waals surface area contributed by atoms with Crippen molar-refractivity contribution >= 4 is 19.8 Å². The zero-order valence-electron chi connectivity index (χ0n) is 8.67. The standard InChI is InChI=1S/C12H13N2OP/c15-16(13-11-7-3-1-4-8-11)14-12-9-5-2-6-10-12/h1-10,13-15H. The van der Waals surface area contributed by atoms with Gasteiger partial charge in [-0.3, -0.25) is 0 Å². The second kappa shape index (κ2) is 5.50. The molecule has 0 fully saturated rings. The maximum absolute atomic E-state index is 9.80. The van der Waals surface area contributed by atoms with Crippen LogP contribution in [0.1, 0.15) is 0 Å². The average molecular weight is 232 g/mol. The Balaban J connectivity index is 1.92. The molecule has 3 nitrogen and oxygen atoms in total. The summed E-state index contributed by atoms with van der Waals surface area (Å²) in [5.74, 6) is 0. The van der Waals surface area contributed by atoms with Crippen molar-refractivity contribution in [1.29, 1.82) is 0 Å². The van der Waals surface area contributed by atoms with Gasteiger partial charge in [0.2, 0.25) is 8.45 Å². The summed E-state index contributed by atoms with van der Waals surface area (Å²) in [7, 11) is -1.43. The van der Waals surface area contributed by atoms with E-state index in [4.69, 9.17) is 0 Å². The molecule has 0 aliphatic carbocycles. The Morgan fingerprint density at radius 2 is 1.06 bits per heavy atom. The summed E-state index contributed by atoms with van der Waals surface area (Å²) in [5.41, 5.74) is 1.80. The van der Waals surface area contributed by atoms with E-state index in [1.54, 1.807) is 0 Å². The van der Waals surface area contributed by atoms with Gasteiger partial charge in [0.15, 0.2) is 0 Å². The molecule has 16 heavy (non-hydrogen) atoms. The molecule has 0 bridgehead atoms. The van der Waals surface area contributed by atoms with E-state index in [2.05, 4.69) is 10.2 Å². The van der Waals surface area contributed by atoms with Gasteiger partial charge >= 0.3 is 0 Å². The number of para-hydroxylation sites is 2. The highest BCUT2D eigenvalue weighted by Gasteiger charge is 2.03. The fraction of sp³-hybridized carbons (Fsp3) is 0. The van der Waals surface area contributed by atoms with Crippen LogP contribution in [0.25, 0.3) is 0 Å². The van der Waals surface area contributed by atoms with Gasteiger partial charge in [-0.15, -0.1) is 0 Å². The summed E-state index contributed by atoms with van der Waals surface area (Å²) in [6.45, 7) is 0. The Kier molecular flexibility index (Phi) is 3.76. The monoisotopic (exact) mass is 232 g/mol. The van der Waals surface area contributed by atoms with Gasteiger partial charge in [-0.25, -0.2) is 0 Å². The number of hydrogen-bond acceptors (Lipinski definition) is 3. The quantitative estimate of drug-likeness (QED) is 0.707. The highest BCUT2D eigenvalue weighted by Crippen LogP contribution is 2.31. The fourth-order valence-electron chi connectivity index (χ4n) is 1.30. The van der Waals surface area contributed by atoms with Crippen molar-refractivity contribution in [2.45, 2.75) is 0 Å². The lowest BCUT2D eigenvalue weighted by Gasteiger charge is -2.14. The van der Waals surface area contributed by atoms with Crippen LogP contribution < -0.4 is 10.2 Å². The topological polar surface area (TPSA) is 44.3 Å². The molecule has 0 atom stereocenters. The third-order valence-corrected chi connectivity index (χ3v) is 2.96. The first-order chi connectivity index (χ1) is 7.84. The lowest BCUT2D eigenvalue weighted by Crippen LogP contribution is -1.99. The molecule has 2 aromatic rings. The summed E-state index contributed by atoms with van der Waals surface area (Å²) in [4.78, 5) is 9.80. The van der Waals surface area contributed by atoms with Crippen molar-refractivity contribution in [3.05, 3.63) is 60.7 Å². The molecule has 0 heterocycles. The number of hydrogen-bond donors (Lipinski definition) is 3. The second-order valence-electron chi connectivity index (χ2n) is 3.27. The van der Waals surface area contributed by atoms with Crippen molar-refractivity contribution in [3.63, 3.8) is 0 Å². The van der Waals surface area contributed by atoms with Crippen LogP contribution in [0.4, 0.5) is 11.4 Å². The van der Waals surface area contributed by atoms with E-state index < -0.39 is 8.45 Å². The lowest BCUT2D eigenvalue weighted by molar-refractivity contribution is 0.635. The van der Waals surface area contributed by atoms with Crippen LogP contribution in [0, 0.1) is 0 Å². The minimum absolute atomic E-state index is 0.902. The predicted octanol–water partition coefficient (Wildman–Crippen LogP) is 3.43. The van der Waals surface area contributed by atoms with Gasteiger partial charge in [0.1, 0.15) is 0 Å². The third-order valence-electron chi connectivity index (χ3n) is 2.02. The van der Waals surface area contributed by atoms with Crippen LogP contribution in [-0.4, -0.2) is 4.89 Å². The molecule has 0 aromatic heterocycles. The molecule has 82 valence electrons. The molecule has 0 saturated carbocycles. The summed E-state index contributed by atoms with van der Waals surface area (Å²) >= 11 is 0. The van der Waals surface area contributed by atoms with Gasteiger partial charge in [0, 0.05) is 11.4 Å². The molecular formula is C12H13N2OP. The first kappa shape index (κ1) is 10.9. The van der Waals surface area contributed by atoms with E-state index in [0.29, 0.717) is 0 Å². The zero-order chi connectivity index (χ0) is 11.2. The first-order valence-corrected chi connectivity index (χ1v) is 6.26. The molecule has 0 unspecified atom stereocenters. The van der Waals surface area contributed by atoms with Crippen LogP contribution in [0.15, 0.2) is 60.7 Å². The Hall–Kier alpha value is -1.57. The van der Waals surface area contributed by atoms with Gasteiger partial charge in [-0.2, -0.15) is 0 Å². The van der Waals surface area contributed by atoms with Crippen LogP contribution in [0.5, 0.6) is 0 Å². The van der Waals surface area contributed by atoms with Crippen molar-refractivity contribution in [2.24, 2.45) is 0 Å². The molecule has 0 radical (unpaired) electrons. The number of benzene rings is 2. The third kappa shape index (κ3) is 3.23. The van der Waals surface area contributed by atoms with Crippen LogP contribution in [0.3, 0.4) is 0 Å².